The van der Waals surface area contributed by atoms with Gasteiger partial charge in [0.2, 0.25) is 0 Å². The lowest BCUT2D eigenvalue weighted by atomic mass is 9.92. The Bertz CT molecular complexity index is 624. The average molecular weight is 256 g/mol. The molecule has 1 aliphatic carbocycles. The molecule has 1 saturated carbocycles. The van der Waals surface area contributed by atoms with Gasteiger partial charge in [0, 0.05) is 18.0 Å². The summed E-state index contributed by atoms with van der Waals surface area (Å²) in [6.07, 6.45) is 4.72. The molecule has 1 fully saturated rings. The molecule has 0 radical (unpaired) electrons. The van der Waals surface area contributed by atoms with E-state index >= 15 is 0 Å². The summed E-state index contributed by atoms with van der Waals surface area (Å²) in [6, 6.07) is 6.14. The maximum atomic E-state index is 10.3. The van der Waals surface area contributed by atoms with Crippen LogP contribution in [0.2, 0.25) is 0 Å². The van der Waals surface area contributed by atoms with Crippen molar-refractivity contribution in [2.45, 2.75) is 31.4 Å². The number of nitrogens with zero attached hydrogens (tertiary/aromatic N) is 2. The number of nitrogens with one attached hydrogen (secondary N) is 2. The highest BCUT2D eigenvalue weighted by Crippen LogP contribution is 2.25. The van der Waals surface area contributed by atoms with E-state index in [0.29, 0.717) is 18.2 Å². The number of aliphatic hydroxyl groups is 1. The summed E-state index contributed by atoms with van der Waals surface area (Å²) in [5.74, 6) is 0. The third kappa shape index (κ3) is 2.33. The zero-order valence-electron chi connectivity index (χ0n) is 10.6. The zero-order valence-corrected chi connectivity index (χ0v) is 10.6. The number of rotatable bonds is 4. The molecule has 98 valence electrons. The summed E-state index contributed by atoms with van der Waals surface area (Å²) in [5.41, 5.74) is 2.08. The van der Waals surface area contributed by atoms with Crippen molar-refractivity contribution in [3.8, 4) is 6.07 Å². The van der Waals surface area contributed by atoms with E-state index < -0.39 is 6.10 Å². The minimum atomic E-state index is -0.617. The van der Waals surface area contributed by atoms with Crippen LogP contribution >= 0.6 is 0 Å². The zero-order chi connectivity index (χ0) is 13.2. The minimum absolute atomic E-state index is 0.514. The van der Waals surface area contributed by atoms with Crippen LogP contribution in [0.4, 0.5) is 0 Å². The van der Waals surface area contributed by atoms with E-state index in [-0.39, 0.29) is 0 Å². The number of aromatic amines is 1. The predicted octanol–water partition coefficient (Wildman–Crippen LogP) is 1.61. The molecule has 0 bridgehead atoms. The van der Waals surface area contributed by atoms with Crippen molar-refractivity contribution in [2.24, 2.45) is 0 Å². The Kier molecular flexibility index (Phi) is 3.20. The van der Waals surface area contributed by atoms with E-state index in [4.69, 9.17) is 5.26 Å². The normalized spacial score (nSPS) is 17.1. The Labute approximate surface area is 111 Å². The lowest BCUT2D eigenvalue weighted by Crippen LogP contribution is -2.37. The fourth-order valence-electron chi connectivity index (χ4n) is 2.42. The van der Waals surface area contributed by atoms with E-state index in [1.54, 1.807) is 18.3 Å². The number of fused-ring (bicyclic) bond motifs is 1. The van der Waals surface area contributed by atoms with Crippen LogP contribution in [0.3, 0.4) is 0 Å². The van der Waals surface area contributed by atoms with Gasteiger partial charge < -0.3 is 10.4 Å². The number of hydrogen-bond donors (Lipinski definition) is 3. The number of hydrogen-bond acceptors (Lipinski definition) is 4. The lowest BCUT2D eigenvalue weighted by molar-refractivity contribution is 0.162. The highest BCUT2D eigenvalue weighted by molar-refractivity contribution is 5.83. The topological polar surface area (TPSA) is 84.7 Å². The fourth-order valence-corrected chi connectivity index (χ4v) is 2.42. The van der Waals surface area contributed by atoms with Gasteiger partial charge in [-0.2, -0.15) is 10.4 Å². The Balaban J connectivity index is 1.85. The van der Waals surface area contributed by atoms with Gasteiger partial charge in [-0.1, -0.05) is 6.42 Å². The summed E-state index contributed by atoms with van der Waals surface area (Å²) in [6.45, 7) is 0.514. The van der Waals surface area contributed by atoms with Crippen molar-refractivity contribution >= 4 is 10.9 Å². The van der Waals surface area contributed by atoms with Crippen LogP contribution in [0.15, 0.2) is 18.3 Å². The first kappa shape index (κ1) is 12.2. The van der Waals surface area contributed by atoms with Crippen LogP contribution in [-0.2, 0) is 0 Å². The molecule has 1 aromatic carbocycles. The summed E-state index contributed by atoms with van der Waals surface area (Å²) in [4.78, 5) is 0. The van der Waals surface area contributed by atoms with Crippen LogP contribution in [0, 0.1) is 11.3 Å². The molecule has 1 aromatic heterocycles. The fraction of sp³-hybridized carbons (Fsp3) is 0.429. The van der Waals surface area contributed by atoms with Crippen LogP contribution in [0.1, 0.15) is 36.5 Å². The van der Waals surface area contributed by atoms with Crippen LogP contribution in [0.5, 0.6) is 0 Å². The second kappa shape index (κ2) is 5.00. The van der Waals surface area contributed by atoms with Gasteiger partial charge in [0.05, 0.1) is 29.5 Å². The SMILES string of the molecule is N#Cc1cc([C@@H](O)CNC2CCC2)c2cn[nH]c2c1. The first-order chi connectivity index (χ1) is 9.28. The molecule has 2 aromatic rings. The highest BCUT2D eigenvalue weighted by Gasteiger charge is 2.19. The van der Waals surface area contributed by atoms with Crippen molar-refractivity contribution in [2.75, 3.05) is 6.54 Å². The van der Waals surface area contributed by atoms with E-state index in [9.17, 15) is 5.11 Å². The van der Waals surface area contributed by atoms with E-state index in [1.807, 2.05) is 0 Å². The summed E-state index contributed by atoms with van der Waals surface area (Å²) < 4.78 is 0. The van der Waals surface area contributed by atoms with E-state index in [0.717, 1.165) is 16.5 Å². The lowest BCUT2D eigenvalue weighted by Gasteiger charge is -2.27. The molecule has 19 heavy (non-hydrogen) atoms. The molecule has 3 N–H and O–H groups in total. The van der Waals surface area contributed by atoms with Gasteiger partial charge in [-0.3, -0.25) is 5.10 Å². The van der Waals surface area contributed by atoms with Gasteiger partial charge in [-0.05, 0) is 30.5 Å². The molecule has 1 heterocycles. The second-order valence-electron chi connectivity index (χ2n) is 5.06. The van der Waals surface area contributed by atoms with Crippen LogP contribution in [-0.4, -0.2) is 27.9 Å². The molecule has 0 aliphatic heterocycles. The molecule has 5 heteroatoms. The third-order valence-electron chi connectivity index (χ3n) is 3.78. The van der Waals surface area contributed by atoms with Crippen molar-refractivity contribution < 1.29 is 5.11 Å². The Morgan fingerprint density at radius 3 is 3.05 bits per heavy atom. The molecule has 0 unspecified atom stereocenters. The van der Waals surface area contributed by atoms with Crippen molar-refractivity contribution in [1.29, 1.82) is 5.26 Å². The third-order valence-corrected chi connectivity index (χ3v) is 3.78. The second-order valence-corrected chi connectivity index (χ2v) is 5.06. The summed E-state index contributed by atoms with van der Waals surface area (Å²) in [5, 5.41) is 30.4. The molecule has 3 rings (SSSR count). The van der Waals surface area contributed by atoms with Crippen LogP contribution < -0.4 is 5.32 Å². The predicted molar refractivity (Wildman–Crippen MR) is 71.4 cm³/mol. The molecular formula is C14H16N4O. The Hall–Kier alpha value is -1.90. The van der Waals surface area contributed by atoms with Gasteiger partial charge in [0.1, 0.15) is 0 Å². The van der Waals surface area contributed by atoms with Gasteiger partial charge in [0.15, 0.2) is 0 Å². The quantitative estimate of drug-likeness (QED) is 0.776. The summed E-state index contributed by atoms with van der Waals surface area (Å²) >= 11 is 0. The number of nitriles is 1. The Morgan fingerprint density at radius 2 is 2.37 bits per heavy atom. The standard InChI is InChI=1S/C14H16N4O/c15-6-9-4-11(12-7-17-18-13(12)5-9)14(19)8-16-10-2-1-3-10/h4-5,7,10,14,16,19H,1-3,8H2,(H,17,18)/t14-/m0/s1. The molecule has 0 amide bonds. The monoisotopic (exact) mass is 256 g/mol. The van der Waals surface area contributed by atoms with Crippen LogP contribution in [0.25, 0.3) is 10.9 Å². The first-order valence-corrected chi connectivity index (χ1v) is 6.56. The molecule has 0 saturated heterocycles. The molecule has 1 atom stereocenters. The van der Waals surface area contributed by atoms with Gasteiger partial charge in [0.25, 0.3) is 0 Å². The van der Waals surface area contributed by atoms with Gasteiger partial charge in [-0.25, -0.2) is 0 Å². The average Bonchev–Trinajstić information content (AvgIpc) is 2.83. The maximum absolute atomic E-state index is 10.3. The van der Waals surface area contributed by atoms with Crippen molar-refractivity contribution in [3.63, 3.8) is 0 Å². The Morgan fingerprint density at radius 1 is 1.53 bits per heavy atom. The summed E-state index contributed by atoms with van der Waals surface area (Å²) in [7, 11) is 0. The number of aromatic nitrogens is 2. The largest absolute Gasteiger partial charge is 0.387 e. The van der Waals surface area contributed by atoms with E-state index in [1.165, 1.54) is 19.3 Å². The first-order valence-electron chi connectivity index (χ1n) is 6.56. The molecular weight excluding hydrogens is 240 g/mol. The molecule has 1 aliphatic rings. The van der Waals surface area contributed by atoms with E-state index in [2.05, 4.69) is 21.6 Å². The number of aliphatic hydroxyl groups excluding tert-OH is 1. The van der Waals surface area contributed by atoms with Crippen molar-refractivity contribution in [3.05, 3.63) is 29.5 Å². The van der Waals surface area contributed by atoms with Crippen molar-refractivity contribution in [1.82, 2.24) is 15.5 Å². The van der Waals surface area contributed by atoms with Gasteiger partial charge >= 0.3 is 0 Å². The highest BCUT2D eigenvalue weighted by atomic mass is 16.3. The molecule has 5 nitrogen and oxygen atoms in total. The number of benzene rings is 1. The smallest absolute Gasteiger partial charge is 0.0992 e. The maximum Gasteiger partial charge on any atom is 0.0992 e. The van der Waals surface area contributed by atoms with Gasteiger partial charge in [-0.15, -0.1) is 0 Å². The minimum Gasteiger partial charge on any atom is -0.387 e. The molecule has 0 spiro atoms. The number of H-pyrrole nitrogens is 1.